The summed E-state index contributed by atoms with van der Waals surface area (Å²) in [5, 5.41) is 5.51. The summed E-state index contributed by atoms with van der Waals surface area (Å²) >= 11 is 1.34. The Morgan fingerprint density at radius 3 is 2.68 bits per heavy atom. The minimum absolute atomic E-state index is 0.0760. The van der Waals surface area contributed by atoms with Gasteiger partial charge >= 0.3 is 6.09 Å². The maximum Gasteiger partial charge on any atom is 0.413 e. The highest BCUT2D eigenvalue weighted by Crippen LogP contribution is 2.46. The number of benzene rings is 1. The maximum absolute atomic E-state index is 15.3. The van der Waals surface area contributed by atoms with E-state index in [0.717, 1.165) is 12.4 Å². The van der Waals surface area contributed by atoms with Crippen molar-refractivity contribution in [2.45, 2.75) is 44.8 Å². The normalized spacial score (nSPS) is 21.6. The zero-order valence-electron chi connectivity index (χ0n) is 20.4. The number of fused-ring (bicyclic) bond motifs is 1. The van der Waals surface area contributed by atoms with Crippen LogP contribution in [-0.2, 0) is 15.0 Å². The van der Waals surface area contributed by atoms with Crippen molar-refractivity contribution in [3.8, 4) is 0 Å². The molecule has 2 aliphatic heterocycles. The average Bonchev–Trinajstić information content (AvgIpc) is 2.83. The van der Waals surface area contributed by atoms with Crippen molar-refractivity contribution in [3.05, 3.63) is 53.4 Å². The van der Waals surface area contributed by atoms with Crippen LogP contribution in [0.4, 0.5) is 23.7 Å². The summed E-state index contributed by atoms with van der Waals surface area (Å²) in [6, 6.07) is 4.03. The van der Waals surface area contributed by atoms with Crippen molar-refractivity contribution < 1.29 is 32.2 Å². The van der Waals surface area contributed by atoms with Gasteiger partial charge in [-0.25, -0.2) is 27.9 Å². The highest BCUT2D eigenvalue weighted by atomic mass is 32.2. The molecule has 4 rings (SSSR count). The van der Waals surface area contributed by atoms with Gasteiger partial charge in [-0.2, -0.15) is 0 Å². The molecule has 0 spiro atoms. The minimum Gasteiger partial charge on any atom is -0.444 e. The Morgan fingerprint density at radius 2 is 2.00 bits per heavy atom. The molecule has 1 fully saturated rings. The van der Waals surface area contributed by atoms with Crippen molar-refractivity contribution >= 4 is 34.6 Å². The number of hydrogen-bond donors (Lipinski definition) is 2. The van der Waals surface area contributed by atoms with Crippen molar-refractivity contribution in [2.75, 3.05) is 24.3 Å². The van der Waals surface area contributed by atoms with Crippen LogP contribution < -0.4 is 10.6 Å². The van der Waals surface area contributed by atoms with Crippen molar-refractivity contribution in [3.63, 3.8) is 0 Å². The molecule has 2 N–H and O–H groups in total. The Bertz CT molecular complexity index is 1210. The number of aliphatic imine (C=N–C) groups is 1. The number of amides is 2. The standard InChI is InChI=1S/C24H26F3N5O4S/c1-23(2,3)36-22(34)31-21-32-24(12-35-7-6-13(24)11-37-21)15-8-14(4-5-16(15)25)30-20(33)18-10-28-17(9-29-18)19(26)27/h4-5,8-10,13,19H,6-7,11-12H2,1-3H3,(H,30,33)(H,31,32,34)/t13-,24-/m0/s1. The second-order valence-corrected chi connectivity index (χ2v) is 10.6. The monoisotopic (exact) mass is 537 g/mol. The Labute approximate surface area is 215 Å². The molecule has 1 aromatic heterocycles. The smallest absolute Gasteiger partial charge is 0.413 e. The fraction of sp³-hybridized carbons (Fsp3) is 0.458. The van der Waals surface area contributed by atoms with Crippen LogP contribution in [-0.4, -0.2) is 51.7 Å². The predicted octanol–water partition coefficient (Wildman–Crippen LogP) is 4.66. The summed E-state index contributed by atoms with van der Waals surface area (Å²) in [6.45, 7) is 5.78. The number of carbonyl (C=O) groups excluding carboxylic acids is 2. The number of hydrogen-bond acceptors (Lipinski definition) is 8. The van der Waals surface area contributed by atoms with Crippen molar-refractivity contribution in [1.29, 1.82) is 0 Å². The molecule has 2 amide bonds. The first-order valence-corrected chi connectivity index (χ1v) is 12.5. The molecule has 0 unspecified atom stereocenters. The number of nitrogens with zero attached hydrogens (tertiary/aromatic N) is 3. The Morgan fingerprint density at radius 1 is 1.22 bits per heavy atom. The molecule has 2 aromatic rings. The molecule has 1 aromatic carbocycles. The lowest BCUT2D eigenvalue weighted by Gasteiger charge is -2.44. The van der Waals surface area contributed by atoms with Gasteiger partial charge in [0.1, 0.15) is 28.3 Å². The molecular formula is C24H26F3N5O4S. The first-order chi connectivity index (χ1) is 17.5. The first kappa shape index (κ1) is 26.9. The quantitative estimate of drug-likeness (QED) is 0.583. The van der Waals surface area contributed by atoms with Crippen molar-refractivity contribution in [1.82, 2.24) is 15.3 Å². The van der Waals surface area contributed by atoms with Gasteiger partial charge < -0.3 is 14.8 Å². The van der Waals surface area contributed by atoms with Crippen LogP contribution in [0.25, 0.3) is 0 Å². The molecule has 0 radical (unpaired) electrons. The van der Waals surface area contributed by atoms with Crippen LogP contribution in [0.1, 0.15) is 55.4 Å². The third-order valence-corrected chi connectivity index (χ3v) is 6.79. The van der Waals surface area contributed by atoms with E-state index >= 15 is 4.39 Å². The predicted molar refractivity (Wildman–Crippen MR) is 131 cm³/mol. The van der Waals surface area contributed by atoms with Gasteiger partial charge in [-0.1, -0.05) is 11.8 Å². The van der Waals surface area contributed by atoms with Crippen LogP contribution in [0.15, 0.2) is 35.6 Å². The van der Waals surface area contributed by atoms with Crippen LogP contribution in [0.3, 0.4) is 0 Å². The average molecular weight is 538 g/mol. The maximum atomic E-state index is 15.3. The summed E-state index contributed by atoms with van der Waals surface area (Å²) in [7, 11) is 0. The largest absolute Gasteiger partial charge is 0.444 e. The number of nitrogens with one attached hydrogen (secondary N) is 2. The van der Waals surface area contributed by atoms with E-state index in [1.807, 2.05) is 0 Å². The van der Waals surface area contributed by atoms with Gasteiger partial charge in [-0.3, -0.25) is 15.1 Å². The fourth-order valence-electron chi connectivity index (χ4n) is 4.06. The van der Waals surface area contributed by atoms with Gasteiger partial charge in [0.15, 0.2) is 5.17 Å². The van der Waals surface area contributed by atoms with E-state index in [1.54, 1.807) is 20.8 Å². The number of anilines is 1. The summed E-state index contributed by atoms with van der Waals surface area (Å²) in [5.41, 5.74) is -2.14. The van der Waals surface area contributed by atoms with Crippen molar-refractivity contribution in [2.24, 2.45) is 10.9 Å². The molecule has 13 heteroatoms. The highest BCUT2D eigenvalue weighted by Gasteiger charge is 2.48. The number of aromatic nitrogens is 2. The second-order valence-electron chi connectivity index (χ2n) is 9.59. The summed E-state index contributed by atoms with van der Waals surface area (Å²) in [4.78, 5) is 37.0. The molecule has 9 nitrogen and oxygen atoms in total. The Hall–Kier alpha value is -3.19. The van der Waals surface area contributed by atoms with Gasteiger partial charge in [0, 0.05) is 29.5 Å². The molecular weight excluding hydrogens is 511 g/mol. The van der Waals surface area contributed by atoms with Crippen LogP contribution in [0.2, 0.25) is 0 Å². The number of amidine groups is 1. The number of carbonyl (C=O) groups is 2. The lowest BCUT2D eigenvalue weighted by atomic mass is 9.76. The van der Waals surface area contributed by atoms with E-state index in [9.17, 15) is 18.4 Å². The second kappa shape index (κ2) is 10.7. The molecule has 3 heterocycles. The molecule has 198 valence electrons. The third-order valence-electron chi connectivity index (χ3n) is 5.76. The zero-order valence-corrected chi connectivity index (χ0v) is 21.2. The SMILES string of the molecule is CC(C)(C)OC(=O)NC1=N[C@@]2(c3cc(NC(=O)c4cnc(C(F)F)cn4)ccc3F)COCC[C@H]2CS1. The third kappa shape index (κ3) is 6.21. The first-order valence-electron chi connectivity index (χ1n) is 11.5. The Balaban J connectivity index is 1.62. The summed E-state index contributed by atoms with van der Waals surface area (Å²) in [5.74, 6) is -0.791. The number of ether oxygens (including phenoxy) is 2. The topological polar surface area (TPSA) is 115 Å². The van der Waals surface area contributed by atoms with E-state index in [4.69, 9.17) is 14.5 Å². The minimum atomic E-state index is -2.81. The van der Waals surface area contributed by atoms with Crippen LogP contribution in [0, 0.1) is 11.7 Å². The molecule has 2 atom stereocenters. The van der Waals surface area contributed by atoms with E-state index in [0.29, 0.717) is 18.8 Å². The van der Waals surface area contributed by atoms with Crippen LogP contribution >= 0.6 is 11.8 Å². The molecule has 37 heavy (non-hydrogen) atoms. The van der Waals surface area contributed by atoms with Gasteiger partial charge in [-0.05, 0) is 45.4 Å². The van der Waals surface area contributed by atoms with Gasteiger partial charge in [0.05, 0.1) is 19.0 Å². The lowest BCUT2D eigenvalue weighted by Crippen LogP contribution is -2.49. The van der Waals surface area contributed by atoms with E-state index in [1.165, 1.54) is 30.0 Å². The van der Waals surface area contributed by atoms with E-state index in [2.05, 4.69) is 20.6 Å². The van der Waals surface area contributed by atoms with Gasteiger partial charge in [0.2, 0.25) is 0 Å². The zero-order chi connectivity index (χ0) is 26.8. The fourth-order valence-corrected chi connectivity index (χ4v) is 5.24. The number of alkyl carbamates (subject to hydrolysis) is 1. The lowest BCUT2D eigenvalue weighted by molar-refractivity contribution is 0.00280. The number of thioether (sulfide) groups is 1. The summed E-state index contributed by atoms with van der Waals surface area (Å²) < 4.78 is 51.7. The molecule has 0 aliphatic carbocycles. The molecule has 2 aliphatic rings. The number of halogens is 3. The molecule has 0 saturated carbocycles. The van der Waals surface area contributed by atoms with Gasteiger partial charge in [-0.15, -0.1) is 0 Å². The Kier molecular flexibility index (Phi) is 7.74. The van der Waals surface area contributed by atoms with E-state index < -0.39 is 41.1 Å². The number of alkyl halides is 2. The molecule has 0 bridgehead atoms. The van der Waals surface area contributed by atoms with Crippen LogP contribution in [0.5, 0.6) is 0 Å². The summed E-state index contributed by atoms with van der Waals surface area (Å²) in [6.07, 6.45) is -1.09. The van der Waals surface area contributed by atoms with Gasteiger partial charge in [0.25, 0.3) is 12.3 Å². The number of rotatable bonds is 4. The highest BCUT2D eigenvalue weighted by molar-refractivity contribution is 8.13. The molecule has 1 saturated heterocycles. The van der Waals surface area contributed by atoms with E-state index in [-0.39, 0.29) is 34.6 Å².